The normalized spacial score (nSPS) is 13.1. The van der Waals surface area contributed by atoms with Gasteiger partial charge in [-0.05, 0) is 48.7 Å². The molecule has 2 aromatic carbocycles. The highest BCUT2D eigenvalue weighted by Gasteiger charge is 2.30. The monoisotopic (exact) mass is 457 g/mol. The lowest BCUT2D eigenvalue weighted by molar-refractivity contribution is 0.0602. The van der Waals surface area contributed by atoms with Crippen molar-refractivity contribution in [2.24, 2.45) is 0 Å². The van der Waals surface area contributed by atoms with Crippen LogP contribution in [0.25, 0.3) is 16.7 Å². The zero-order chi connectivity index (χ0) is 23.8. The van der Waals surface area contributed by atoms with E-state index in [1.807, 2.05) is 6.07 Å². The summed E-state index contributed by atoms with van der Waals surface area (Å²) in [5.41, 5.74) is 1.14. The zero-order valence-electron chi connectivity index (χ0n) is 18.9. The number of aromatic nitrogens is 3. The predicted molar refractivity (Wildman–Crippen MR) is 127 cm³/mol. The molecule has 4 aromatic rings. The number of rotatable bonds is 6. The number of esters is 1. The van der Waals surface area contributed by atoms with E-state index in [-0.39, 0.29) is 29.1 Å². The third kappa shape index (κ3) is 3.77. The highest BCUT2D eigenvalue weighted by molar-refractivity contribution is 6.02. The molecule has 0 bridgehead atoms. The molecule has 1 saturated carbocycles. The topological polar surface area (TPSA) is 92.4 Å². The molecule has 5 rings (SSSR count). The average molecular weight is 457 g/mol. The lowest BCUT2D eigenvalue weighted by atomic mass is 10.1. The fraction of sp³-hybridized carbons (Fsp3) is 0.231. The Morgan fingerprint density at radius 2 is 1.74 bits per heavy atom. The summed E-state index contributed by atoms with van der Waals surface area (Å²) in [4.78, 5) is 44.9. The van der Waals surface area contributed by atoms with Crippen LogP contribution in [0, 0.1) is 0 Å². The second kappa shape index (κ2) is 8.62. The predicted octanol–water partition coefficient (Wildman–Crippen LogP) is 3.27. The Labute approximate surface area is 195 Å². The standard InChI is InChI=1S/C26H23N3O5/c1-33-19-12-8-16(9-13-19)15-28-24(30)22-20(25(31)34-2)14-21(17-10-11-17)27-23(22)29(26(28)32)18-6-4-3-5-7-18/h3-9,12-14,17H,10-11,15H2,1-2H3. The molecule has 0 atom stereocenters. The molecule has 8 heteroatoms. The van der Waals surface area contributed by atoms with Gasteiger partial charge >= 0.3 is 11.7 Å². The maximum absolute atomic E-state index is 13.7. The Kier molecular flexibility index (Phi) is 5.49. The summed E-state index contributed by atoms with van der Waals surface area (Å²) in [7, 11) is 2.84. The summed E-state index contributed by atoms with van der Waals surface area (Å²) in [5, 5.41) is 0.0632. The second-order valence-corrected chi connectivity index (χ2v) is 8.25. The first-order chi connectivity index (χ1) is 16.5. The molecule has 0 saturated heterocycles. The van der Waals surface area contributed by atoms with Gasteiger partial charge in [-0.25, -0.2) is 19.1 Å². The number of carbonyl (C=O) groups excluding carboxylic acids is 1. The average Bonchev–Trinajstić information content (AvgIpc) is 3.72. The minimum atomic E-state index is -0.638. The molecule has 172 valence electrons. The van der Waals surface area contributed by atoms with E-state index in [0.29, 0.717) is 17.1 Å². The van der Waals surface area contributed by atoms with Gasteiger partial charge in [-0.3, -0.25) is 9.36 Å². The van der Waals surface area contributed by atoms with Crippen LogP contribution in [0.4, 0.5) is 0 Å². The Balaban J connectivity index is 1.84. The van der Waals surface area contributed by atoms with E-state index < -0.39 is 17.2 Å². The number of fused-ring (bicyclic) bond motifs is 1. The molecular weight excluding hydrogens is 434 g/mol. The number of nitrogens with zero attached hydrogens (tertiary/aromatic N) is 3. The van der Waals surface area contributed by atoms with Gasteiger partial charge in [-0.2, -0.15) is 0 Å². The fourth-order valence-corrected chi connectivity index (χ4v) is 4.08. The zero-order valence-corrected chi connectivity index (χ0v) is 18.9. The molecule has 34 heavy (non-hydrogen) atoms. The van der Waals surface area contributed by atoms with Gasteiger partial charge in [0.25, 0.3) is 5.56 Å². The molecule has 1 aliphatic carbocycles. The number of benzene rings is 2. The molecule has 0 radical (unpaired) electrons. The van der Waals surface area contributed by atoms with E-state index in [9.17, 15) is 14.4 Å². The largest absolute Gasteiger partial charge is 0.497 e. The number of pyridine rings is 1. The Morgan fingerprint density at radius 1 is 1.03 bits per heavy atom. The van der Waals surface area contributed by atoms with Crippen molar-refractivity contribution in [3.8, 4) is 11.4 Å². The van der Waals surface area contributed by atoms with Crippen LogP contribution >= 0.6 is 0 Å². The van der Waals surface area contributed by atoms with Crippen LogP contribution in [-0.4, -0.2) is 34.3 Å². The third-order valence-corrected chi connectivity index (χ3v) is 6.03. The molecule has 2 aromatic heterocycles. The maximum atomic E-state index is 13.7. The highest BCUT2D eigenvalue weighted by Crippen LogP contribution is 2.40. The van der Waals surface area contributed by atoms with Crippen molar-refractivity contribution in [3.05, 3.63) is 98.3 Å². The quantitative estimate of drug-likeness (QED) is 0.413. The molecule has 0 N–H and O–H groups in total. The molecule has 0 amide bonds. The van der Waals surface area contributed by atoms with Gasteiger partial charge < -0.3 is 9.47 Å². The summed E-state index contributed by atoms with van der Waals surface area (Å²) in [5.74, 6) is 0.232. The van der Waals surface area contributed by atoms with E-state index in [0.717, 1.165) is 23.0 Å². The van der Waals surface area contributed by atoms with Crippen LogP contribution in [0.3, 0.4) is 0 Å². The molecule has 1 fully saturated rings. The van der Waals surface area contributed by atoms with Crippen LogP contribution in [-0.2, 0) is 11.3 Å². The van der Waals surface area contributed by atoms with Crippen LogP contribution < -0.4 is 16.0 Å². The summed E-state index contributed by atoms with van der Waals surface area (Å²) in [6, 6.07) is 17.7. The third-order valence-electron chi connectivity index (χ3n) is 6.03. The van der Waals surface area contributed by atoms with Crippen molar-refractivity contribution >= 4 is 17.0 Å². The van der Waals surface area contributed by atoms with Crippen LogP contribution in [0.1, 0.15) is 40.4 Å². The highest BCUT2D eigenvalue weighted by atomic mass is 16.5. The SMILES string of the molecule is COC(=O)c1cc(C2CC2)nc2c1c(=O)n(Cc1ccc(OC)cc1)c(=O)n2-c1ccccc1. The minimum absolute atomic E-state index is 0.0232. The van der Waals surface area contributed by atoms with Crippen molar-refractivity contribution in [2.45, 2.75) is 25.3 Å². The molecule has 0 unspecified atom stereocenters. The second-order valence-electron chi connectivity index (χ2n) is 8.25. The number of para-hydroxylation sites is 1. The van der Waals surface area contributed by atoms with Crippen molar-refractivity contribution < 1.29 is 14.3 Å². The number of ether oxygens (including phenoxy) is 2. The van der Waals surface area contributed by atoms with Crippen LogP contribution in [0.2, 0.25) is 0 Å². The Bertz CT molecular complexity index is 1500. The van der Waals surface area contributed by atoms with E-state index in [2.05, 4.69) is 0 Å². The van der Waals surface area contributed by atoms with Gasteiger partial charge in [0.2, 0.25) is 0 Å². The number of methoxy groups -OCH3 is 2. The first-order valence-corrected chi connectivity index (χ1v) is 11.0. The summed E-state index contributed by atoms with van der Waals surface area (Å²) < 4.78 is 12.7. The smallest absolute Gasteiger partial charge is 0.338 e. The minimum Gasteiger partial charge on any atom is -0.497 e. The van der Waals surface area contributed by atoms with Gasteiger partial charge in [0.05, 0.1) is 37.4 Å². The van der Waals surface area contributed by atoms with E-state index >= 15 is 0 Å². The van der Waals surface area contributed by atoms with Gasteiger partial charge in [-0.15, -0.1) is 0 Å². The molecular formula is C26H23N3O5. The molecule has 0 spiro atoms. The van der Waals surface area contributed by atoms with Crippen molar-refractivity contribution in [1.29, 1.82) is 0 Å². The summed E-state index contributed by atoms with van der Waals surface area (Å²) in [6.45, 7) is 0.0232. The summed E-state index contributed by atoms with van der Waals surface area (Å²) in [6.07, 6.45) is 1.90. The van der Waals surface area contributed by atoms with Crippen molar-refractivity contribution in [3.63, 3.8) is 0 Å². The number of hydrogen-bond acceptors (Lipinski definition) is 6. The molecule has 1 aliphatic rings. The maximum Gasteiger partial charge on any atom is 0.338 e. The molecule has 2 heterocycles. The fourth-order valence-electron chi connectivity index (χ4n) is 4.08. The first kappa shape index (κ1) is 21.6. The van der Waals surface area contributed by atoms with Crippen molar-refractivity contribution in [2.75, 3.05) is 14.2 Å². The number of carbonyl (C=O) groups is 1. The van der Waals surface area contributed by atoms with E-state index in [4.69, 9.17) is 14.5 Å². The Morgan fingerprint density at radius 3 is 2.35 bits per heavy atom. The molecule has 0 aliphatic heterocycles. The van der Waals surface area contributed by atoms with Gasteiger partial charge in [0, 0.05) is 11.6 Å². The first-order valence-electron chi connectivity index (χ1n) is 11.0. The van der Waals surface area contributed by atoms with Crippen LogP contribution in [0.5, 0.6) is 5.75 Å². The lowest BCUT2D eigenvalue weighted by Gasteiger charge is -2.16. The van der Waals surface area contributed by atoms with Gasteiger partial charge in [0.15, 0.2) is 5.65 Å². The molecule has 8 nitrogen and oxygen atoms in total. The summed E-state index contributed by atoms with van der Waals surface area (Å²) >= 11 is 0. The van der Waals surface area contributed by atoms with Crippen molar-refractivity contribution in [1.82, 2.24) is 14.1 Å². The van der Waals surface area contributed by atoms with Crippen LogP contribution in [0.15, 0.2) is 70.3 Å². The lowest BCUT2D eigenvalue weighted by Crippen LogP contribution is -2.40. The van der Waals surface area contributed by atoms with E-state index in [1.165, 1.54) is 11.7 Å². The Hall–Kier alpha value is -4.20. The number of hydrogen-bond donors (Lipinski definition) is 0. The van der Waals surface area contributed by atoms with Gasteiger partial charge in [0.1, 0.15) is 5.75 Å². The van der Waals surface area contributed by atoms with E-state index in [1.54, 1.807) is 61.7 Å². The van der Waals surface area contributed by atoms with Gasteiger partial charge in [-0.1, -0.05) is 30.3 Å².